The SMILES string of the molecule is Cl.c1ccc2c(c1)CCN(NCCN1CCCC1)C2. The number of hydrogen-bond acceptors (Lipinski definition) is 3. The summed E-state index contributed by atoms with van der Waals surface area (Å²) in [5.74, 6) is 0. The number of hydrogen-bond donors (Lipinski definition) is 1. The van der Waals surface area contributed by atoms with Gasteiger partial charge in [0.05, 0.1) is 0 Å². The normalized spacial score (nSPS) is 20.0. The van der Waals surface area contributed by atoms with Crippen LogP contribution in [0.15, 0.2) is 24.3 Å². The summed E-state index contributed by atoms with van der Waals surface area (Å²) in [7, 11) is 0. The summed E-state index contributed by atoms with van der Waals surface area (Å²) in [6.07, 6.45) is 3.95. The molecule has 0 bridgehead atoms. The van der Waals surface area contributed by atoms with Crippen LogP contribution in [0.2, 0.25) is 0 Å². The lowest BCUT2D eigenvalue weighted by Gasteiger charge is -2.30. The summed E-state index contributed by atoms with van der Waals surface area (Å²) >= 11 is 0. The number of likely N-dealkylation sites (tertiary alicyclic amines) is 1. The van der Waals surface area contributed by atoms with Gasteiger partial charge in [0.1, 0.15) is 0 Å². The van der Waals surface area contributed by atoms with Gasteiger partial charge in [-0.3, -0.25) is 5.43 Å². The molecule has 19 heavy (non-hydrogen) atoms. The summed E-state index contributed by atoms with van der Waals surface area (Å²) in [5, 5.41) is 2.37. The molecular weight excluding hydrogens is 258 g/mol. The van der Waals surface area contributed by atoms with E-state index in [0.717, 1.165) is 19.6 Å². The Morgan fingerprint density at radius 2 is 1.74 bits per heavy atom. The Morgan fingerprint density at radius 1 is 1.00 bits per heavy atom. The number of nitrogens with zero attached hydrogens (tertiary/aromatic N) is 2. The van der Waals surface area contributed by atoms with E-state index in [2.05, 4.69) is 39.6 Å². The van der Waals surface area contributed by atoms with Gasteiger partial charge in [0.25, 0.3) is 0 Å². The second kappa shape index (κ2) is 7.25. The lowest BCUT2D eigenvalue weighted by atomic mass is 10.0. The molecule has 0 aliphatic carbocycles. The number of benzene rings is 1. The highest BCUT2D eigenvalue weighted by atomic mass is 35.5. The third-order valence-electron chi connectivity index (χ3n) is 4.09. The van der Waals surface area contributed by atoms with Crippen LogP contribution in [0.4, 0.5) is 0 Å². The standard InChI is InChI=1S/C15H23N3.ClH/c1-2-6-15-13-18(11-7-14(15)5-1)16-8-12-17-9-3-4-10-17;/h1-2,5-6,16H,3-4,7-13H2;1H. The predicted molar refractivity (Wildman–Crippen MR) is 81.5 cm³/mol. The molecule has 2 aliphatic heterocycles. The fraction of sp³-hybridized carbons (Fsp3) is 0.600. The van der Waals surface area contributed by atoms with Gasteiger partial charge in [0.15, 0.2) is 0 Å². The molecule has 3 rings (SSSR count). The molecule has 0 unspecified atom stereocenters. The highest BCUT2D eigenvalue weighted by Crippen LogP contribution is 2.16. The molecule has 1 fully saturated rings. The van der Waals surface area contributed by atoms with Crippen molar-refractivity contribution in [2.75, 3.05) is 32.7 Å². The topological polar surface area (TPSA) is 18.5 Å². The van der Waals surface area contributed by atoms with E-state index in [-0.39, 0.29) is 12.4 Å². The van der Waals surface area contributed by atoms with Gasteiger partial charge >= 0.3 is 0 Å². The van der Waals surface area contributed by atoms with Crippen molar-refractivity contribution >= 4 is 12.4 Å². The summed E-state index contributed by atoms with van der Waals surface area (Å²) in [4.78, 5) is 2.56. The minimum absolute atomic E-state index is 0. The van der Waals surface area contributed by atoms with Crippen LogP contribution < -0.4 is 5.43 Å². The van der Waals surface area contributed by atoms with E-state index in [1.54, 1.807) is 0 Å². The highest BCUT2D eigenvalue weighted by Gasteiger charge is 2.16. The van der Waals surface area contributed by atoms with Gasteiger partial charge in [-0.05, 0) is 43.5 Å². The smallest absolute Gasteiger partial charge is 0.0384 e. The van der Waals surface area contributed by atoms with Gasteiger partial charge in [0, 0.05) is 26.2 Å². The van der Waals surface area contributed by atoms with Crippen LogP contribution >= 0.6 is 12.4 Å². The van der Waals surface area contributed by atoms with Crippen LogP contribution in [0, 0.1) is 0 Å². The Hall–Kier alpha value is -0.610. The predicted octanol–water partition coefficient (Wildman–Crippen LogP) is 2.07. The van der Waals surface area contributed by atoms with Crippen molar-refractivity contribution in [2.24, 2.45) is 0 Å². The lowest BCUT2D eigenvalue weighted by Crippen LogP contribution is -2.44. The monoisotopic (exact) mass is 281 g/mol. The van der Waals surface area contributed by atoms with Crippen molar-refractivity contribution in [1.82, 2.24) is 15.3 Å². The molecule has 0 amide bonds. The van der Waals surface area contributed by atoms with E-state index in [1.807, 2.05) is 0 Å². The van der Waals surface area contributed by atoms with Gasteiger partial charge < -0.3 is 4.90 Å². The summed E-state index contributed by atoms with van der Waals surface area (Å²) in [5.41, 5.74) is 6.59. The molecule has 0 radical (unpaired) electrons. The largest absolute Gasteiger partial charge is 0.302 e. The maximum Gasteiger partial charge on any atom is 0.0384 e. The fourth-order valence-electron chi connectivity index (χ4n) is 3.00. The zero-order chi connectivity index (χ0) is 12.2. The van der Waals surface area contributed by atoms with Crippen LogP contribution in [-0.4, -0.2) is 42.6 Å². The first-order valence-electron chi connectivity index (χ1n) is 7.19. The van der Waals surface area contributed by atoms with E-state index in [1.165, 1.54) is 50.0 Å². The molecular formula is C15H24ClN3. The first-order chi connectivity index (χ1) is 8.92. The maximum absolute atomic E-state index is 3.58. The van der Waals surface area contributed by atoms with E-state index in [4.69, 9.17) is 0 Å². The van der Waals surface area contributed by atoms with E-state index >= 15 is 0 Å². The fourth-order valence-corrected chi connectivity index (χ4v) is 3.00. The Balaban J connectivity index is 0.00000133. The van der Waals surface area contributed by atoms with Crippen LogP contribution in [0.5, 0.6) is 0 Å². The van der Waals surface area contributed by atoms with E-state index in [0.29, 0.717) is 0 Å². The Labute approximate surface area is 122 Å². The quantitative estimate of drug-likeness (QED) is 0.912. The minimum atomic E-state index is 0. The van der Waals surface area contributed by atoms with Gasteiger partial charge in [-0.2, -0.15) is 0 Å². The van der Waals surface area contributed by atoms with Gasteiger partial charge in [-0.1, -0.05) is 24.3 Å². The molecule has 0 atom stereocenters. The summed E-state index contributed by atoms with van der Waals surface area (Å²) in [6.45, 7) is 7.06. The van der Waals surface area contributed by atoms with E-state index < -0.39 is 0 Å². The highest BCUT2D eigenvalue weighted by molar-refractivity contribution is 5.85. The van der Waals surface area contributed by atoms with Gasteiger partial charge in [0.2, 0.25) is 0 Å². The summed E-state index contributed by atoms with van der Waals surface area (Å²) < 4.78 is 0. The molecule has 1 aromatic carbocycles. The maximum atomic E-state index is 3.58. The molecule has 0 saturated carbocycles. The lowest BCUT2D eigenvalue weighted by molar-refractivity contribution is 0.159. The molecule has 1 N–H and O–H groups in total. The first kappa shape index (κ1) is 14.8. The molecule has 4 heteroatoms. The average molecular weight is 282 g/mol. The molecule has 0 spiro atoms. The third-order valence-corrected chi connectivity index (χ3v) is 4.09. The second-order valence-electron chi connectivity index (χ2n) is 5.40. The van der Waals surface area contributed by atoms with Gasteiger partial charge in [-0.25, -0.2) is 5.01 Å². The number of fused-ring (bicyclic) bond motifs is 1. The average Bonchev–Trinajstić information content (AvgIpc) is 2.92. The molecule has 106 valence electrons. The van der Waals surface area contributed by atoms with Crippen molar-refractivity contribution < 1.29 is 0 Å². The molecule has 1 saturated heterocycles. The van der Waals surface area contributed by atoms with E-state index in [9.17, 15) is 0 Å². The zero-order valence-electron chi connectivity index (χ0n) is 11.5. The first-order valence-corrected chi connectivity index (χ1v) is 7.19. The van der Waals surface area contributed by atoms with Crippen LogP contribution in [0.3, 0.4) is 0 Å². The van der Waals surface area contributed by atoms with Crippen LogP contribution in [0.1, 0.15) is 24.0 Å². The molecule has 2 heterocycles. The van der Waals surface area contributed by atoms with Crippen LogP contribution in [-0.2, 0) is 13.0 Å². The molecule has 1 aromatic rings. The number of halogens is 1. The third kappa shape index (κ3) is 3.93. The molecule has 3 nitrogen and oxygen atoms in total. The molecule has 0 aromatic heterocycles. The number of nitrogens with one attached hydrogen (secondary N) is 1. The van der Waals surface area contributed by atoms with Crippen molar-refractivity contribution in [3.8, 4) is 0 Å². The van der Waals surface area contributed by atoms with Crippen molar-refractivity contribution in [1.29, 1.82) is 0 Å². The molecule has 2 aliphatic rings. The Bertz CT molecular complexity index is 391. The Morgan fingerprint density at radius 3 is 2.53 bits per heavy atom. The number of rotatable bonds is 4. The van der Waals surface area contributed by atoms with Crippen molar-refractivity contribution in [3.63, 3.8) is 0 Å². The number of hydrazine groups is 1. The van der Waals surface area contributed by atoms with Crippen molar-refractivity contribution in [2.45, 2.75) is 25.8 Å². The summed E-state index contributed by atoms with van der Waals surface area (Å²) in [6, 6.07) is 8.81. The van der Waals surface area contributed by atoms with Gasteiger partial charge in [-0.15, -0.1) is 12.4 Å². The minimum Gasteiger partial charge on any atom is -0.302 e. The van der Waals surface area contributed by atoms with Crippen molar-refractivity contribution in [3.05, 3.63) is 35.4 Å². The second-order valence-corrected chi connectivity index (χ2v) is 5.40. The zero-order valence-corrected chi connectivity index (χ0v) is 12.3. The Kier molecular flexibility index (Phi) is 5.64. The van der Waals surface area contributed by atoms with Crippen LogP contribution in [0.25, 0.3) is 0 Å².